The third kappa shape index (κ3) is 2.13. The minimum Gasteiger partial charge on any atom is -0.496 e. The Bertz CT molecular complexity index is 427. The number of aliphatic hydroxyl groups excluding tert-OH is 1. The molecule has 0 aliphatic carbocycles. The number of hydrogen-bond acceptors (Lipinski definition) is 4. The van der Waals surface area contributed by atoms with Crippen molar-refractivity contribution in [3.8, 4) is 11.5 Å². The molecule has 1 aliphatic heterocycles. The van der Waals surface area contributed by atoms with E-state index in [1.807, 2.05) is 6.92 Å². The number of hydrogen-bond donors (Lipinski definition) is 1. The van der Waals surface area contributed by atoms with Crippen molar-refractivity contribution in [2.45, 2.75) is 19.4 Å². The number of fused-ring (bicyclic) bond motifs is 1. The summed E-state index contributed by atoms with van der Waals surface area (Å²) in [4.78, 5) is 12.1. The second kappa shape index (κ2) is 4.75. The summed E-state index contributed by atoms with van der Waals surface area (Å²) < 4.78 is 10.9. The molecule has 92 valence electrons. The molecule has 1 N–H and O–H groups in total. The summed E-state index contributed by atoms with van der Waals surface area (Å²) in [6.45, 7) is 1.88. The zero-order valence-corrected chi connectivity index (χ0v) is 9.97. The minimum atomic E-state index is -0.257. The molecule has 0 aromatic heterocycles. The summed E-state index contributed by atoms with van der Waals surface area (Å²) in [5.41, 5.74) is 0.511. The molecule has 0 amide bonds. The summed E-state index contributed by atoms with van der Waals surface area (Å²) in [5, 5.41) is 9.11. The molecule has 1 aromatic carbocycles. The Morgan fingerprint density at radius 1 is 1.59 bits per heavy atom. The van der Waals surface area contributed by atoms with Crippen LogP contribution in [0.2, 0.25) is 0 Å². The van der Waals surface area contributed by atoms with Crippen LogP contribution in [0, 0.1) is 5.92 Å². The lowest BCUT2D eigenvalue weighted by molar-refractivity contribution is 0.0625. The van der Waals surface area contributed by atoms with Gasteiger partial charge in [-0.05, 0) is 12.1 Å². The number of ketones is 1. The van der Waals surface area contributed by atoms with E-state index in [9.17, 15) is 4.79 Å². The summed E-state index contributed by atoms with van der Waals surface area (Å²) in [6, 6.07) is 5.29. The molecule has 17 heavy (non-hydrogen) atoms. The van der Waals surface area contributed by atoms with E-state index >= 15 is 0 Å². The highest BCUT2D eigenvalue weighted by atomic mass is 16.5. The summed E-state index contributed by atoms with van der Waals surface area (Å²) in [5.74, 6) is 1.04. The maximum Gasteiger partial charge on any atom is 0.174 e. The van der Waals surface area contributed by atoms with Crippen molar-refractivity contribution in [2.24, 2.45) is 5.92 Å². The topological polar surface area (TPSA) is 55.8 Å². The van der Waals surface area contributed by atoms with Crippen molar-refractivity contribution in [1.29, 1.82) is 0 Å². The Kier molecular flexibility index (Phi) is 3.33. The molecule has 1 heterocycles. The van der Waals surface area contributed by atoms with Crippen LogP contribution in [0.15, 0.2) is 18.2 Å². The molecule has 0 unspecified atom stereocenters. The quantitative estimate of drug-likeness (QED) is 0.867. The van der Waals surface area contributed by atoms with Gasteiger partial charge < -0.3 is 14.6 Å². The monoisotopic (exact) mass is 236 g/mol. The van der Waals surface area contributed by atoms with E-state index in [1.54, 1.807) is 18.2 Å². The van der Waals surface area contributed by atoms with Crippen LogP contribution < -0.4 is 9.47 Å². The normalized spacial score (nSPS) is 20.4. The number of carbonyl (C=O) groups is 1. The van der Waals surface area contributed by atoms with Gasteiger partial charge in [0.15, 0.2) is 5.78 Å². The second-order valence-electron chi connectivity index (χ2n) is 4.28. The molecule has 0 saturated carbocycles. The van der Waals surface area contributed by atoms with Gasteiger partial charge in [-0.2, -0.15) is 0 Å². The van der Waals surface area contributed by atoms with Gasteiger partial charge >= 0.3 is 0 Å². The van der Waals surface area contributed by atoms with E-state index in [0.29, 0.717) is 17.1 Å². The molecule has 1 aromatic rings. The summed E-state index contributed by atoms with van der Waals surface area (Å²) in [6.07, 6.45) is 0.0295. The molecule has 0 fully saturated rings. The zero-order valence-electron chi connectivity index (χ0n) is 9.97. The van der Waals surface area contributed by atoms with Gasteiger partial charge in [-0.1, -0.05) is 13.0 Å². The highest BCUT2D eigenvalue weighted by Crippen LogP contribution is 2.35. The van der Waals surface area contributed by atoms with Crippen LogP contribution in [0.1, 0.15) is 23.7 Å². The van der Waals surface area contributed by atoms with Gasteiger partial charge in [0.05, 0.1) is 7.11 Å². The lowest BCUT2D eigenvalue weighted by atomic mass is 9.93. The van der Waals surface area contributed by atoms with E-state index in [2.05, 4.69) is 0 Å². The number of benzene rings is 1. The van der Waals surface area contributed by atoms with Crippen molar-refractivity contribution < 1.29 is 19.4 Å². The van der Waals surface area contributed by atoms with Crippen LogP contribution in [0.4, 0.5) is 0 Å². The Morgan fingerprint density at radius 3 is 3.00 bits per heavy atom. The third-order valence-electron chi connectivity index (χ3n) is 3.07. The molecule has 2 rings (SSSR count). The highest BCUT2D eigenvalue weighted by Gasteiger charge is 2.32. The smallest absolute Gasteiger partial charge is 0.174 e. The molecule has 4 nitrogen and oxygen atoms in total. The number of ether oxygens (including phenoxy) is 2. The standard InChI is InChI=1S/C13H16O4/c1-8(7-14)12-6-9(15)13-10(16-2)4-3-5-11(13)17-12/h3-5,8,12,14H,6-7H2,1-2H3/t8-,12-/m0/s1. The largest absolute Gasteiger partial charge is 0.496 e. The average molecular weight is 236 g/mol. The first-order valence-corrected chi connectivity index (χ1v) is 5.65. The first kappa shape index (κ1) is 11.9. The second-order valence-corrected chi connectivity index (χ2v) is 4.28. The fourth-order valence-corrected chi connectivity index (χ4v) is 1.98. The van der Waals surface area contributed by atoms with E-state index in [4.69, 9.17) is 14.6 Å². The Labute approximate surface area is 100 Å². The van der Waals surface area contributed by atoms with Crippen LogP contribution in [0.25, 0.3) is 0 Å². The molecule has 0 bridgehead atoms. The molecule has 1 aliphatic rings. The van der Waals surface area contributed by atoms with Crippen molar-refractivity contribution in [1.82, 2.24) is 0 Å². The SMILES string of the molecule is COc1cccc2c1C(=O)C[C@@H]([C@@H](C)CO)O2. The van der Waals surface area contributed by atoms with Gasteiger partial charge in [-0.15, -0.1) is 0 Å². The van der Waals surface area contributed by atoms with Gasteiger partial charge in [0, 0.05) is 18.9 Å². The number of rotatable bonds is 3. The molecule has 4 heteroatoms. The molecular weight excluding hydrogens is 220 g/mol. The van der Waals surface area contributed by atoms with Gasteiger partial charge in [0.1, 0.15) is 23.2 Å². The van der Waals surface area contributed by atoms with Gasteiger partial charge in [-0.3, -0.25) is 4.79 Å². The predicted octanol–water partition coefficient (Wildman–Crippen LogP) is 1.66. The number of aliphatic hydroxyl groups is 1. The van der Waals surface area contributed by atoms with Gasteiger partial charge in [0.2, 0.25) is 0 Å². The minimum absolute atomic E-state index is 0.00833. The summed E-state index contributed by atoms with van der Waals surface area (Å²) in [7, 11) is 1.53. The Balaban J connectivity index is 2.35. The van der Waals surface area contributed by atoms with E-state index in [-0.39, 0.29) is 30.8 Å². The van der Waals surface area contributed by atoms with Crippen molar-refractivity contribution in [2.75, 3.05) is 13.7 Å². The maximum absolute atomic E-state index is 12.1. The van der Waals surface area contributed by atoms with Crippen LogP contribution in [-0.2, 0) is 0 Å². The third-order valence-corrected chi connectivity index (χ3v) is 3.07. The molecule has 0 radical (unpaired) electrons. The van der Waals surface area contributed by atoms with E-state index in [1.165, 1.54) is 7.11 Å². The summed E-state index contributed by atoms with van der Waals surface area (Å²) >= 11 is 0. The molecule has 0 saturated heterocycles. The molecule has 2 atom stereocenters. The van der Waals surface area contributed by atoms with Crippen molar-refractivity contribution in [3.05, 3.63) is 23.8 Å². The van der Waals surface area contributed by atoms with Crippen LogP contribution >= 0.6 is 0 Å². The average Bonchev–Trinajstić information content (AvgIpc) is 2.36. The highest BCUT2D eigenvalue weighted by molar-refractivity contribution is 6.02. The fraction of sp³-hybridized carbons (Fsp3) is 0.462. The van der Waals surface area contributed by atoms with E-state index < -0.39 is 0 Å². The lowest BCUT2D eigenvalue weighted by Crippen LogP contribution is -2.34. The molecule has 0 spiro atoms. The number of carbonyl (C=O) groups excluding carboxylic acids is 1. The number of Topliss-reactive ketones (excluding diaryl/α,β-unsaturated/α-hetero) is 1. The Morgan fingerprint density at radius 2 is 2.35 bits per heavy atom. The van der Waals surface area contributed by atoms with Crippen molar-refractivity contribution >= 4 is 5.78 Å². The molecular formula is C13H16O4. The lowest BCUT2D eigenvalue weighted by Gasteiger charge is -2.29. The van der Waals surface area contributed by atoms with E-state index in [0.717, 1.165) is 0 Å². The zero-order chi connectivity index (χ0) is 12.4. The first-order valence-electron chi connectivity index (χ1n) is 5.65. The first-order chi connectivity index (χ1) is 8.17. The predicted molar refractivity (Wildman–Crippen MR) is 62.6 cm³/mol. The Hall–Kier alpha value is -1.55. The van der Waals surface area contributed by atoms with Crippen LogP contribution in [0.3, 0.4) is 0 Å². The van der Waals surface area contributed by atoms with Gasteiger partial charge in [0.25, 0.3) is 0 Å². The van der Waals surface area contributed by atoms with Crippen LogP contribution in [0.5, 0.6) is 11.5 Å². The number of methoxy groups -OCH3 is 1. The van der Waals surface area contributed by atoms with Gasteiger partial charge in [-0.25, -0.2) is 0 Å². The fourth-order valence-electron chi connectivity index (χ4n) is 1.98. The maximum atomic E-state index is 12.1. The van der Waals surface area contributed by atoms with Crippen molar-refractivity contribution in [3.63, 3.8) is 0 Å². The van der Waals surface area contributed by atoms with Crippen LogP contribution in [-0.4, -0.2) is 30.7 Å².